The summed E-state index contributed by atoms with van der Waals surface area (Å²) >= 11 is 3.62. The monoisotopic (exact) mass is 544 g/mol. The normalized spacial score (nSPS) is 26.4. The highest BCUT2D eigenvalue weighted by molar-refractivity contribution is 9.10. The molecule has 0 unspecified atom stereocenters. The van der Waals surface area contributed by atoms with Gasteiger partial charge in [-0.15, -0.1) is 0 Å². The summed E-state index contributed by atoms with van der Waals surface area (Å²) in [6, 6.07) is 12.2. The lowest BCUT2D eigenvalue weighted by molar-refractivity contribution is 0.0712. The molecule has 4 aliphatic rings. The van der Waals surface area contributed by atoms with Crippen molar-refractivity contribution < 1.29 is 18.3 Å². The van der Waals surface area contributed by atoms with Crippen LogP contribution in [0.5, 0.6) is 0 Å². The highest BCUT2D eigenvalue weighted by Gasteiger charge is 2.53. The molecule has 6 nitrogen and oxygen atoms in total. The van der Waals surface area contributed by atoms with Crippen molar-refractivity contribution in [2.24, 2.45) is 5.41 Å². The van der Waals surface area contributed by atoms with Crippen LogP contribution in [0.25, 0.3) is 0 Å². The minimum absolute atomic E-state index is 0.0289. The Labute approximate surface area is 208 Å². The first-order valence-electron chi connectivity index (χ1n) is 12.1. The molecule has 2 N–H and O–H groups in total. The van der Waals surface area contributed by atoms with Gasteiger partial charge in [-0.25, -0.2) is 13.1 Å². The first-order valence-corrected chi connectivity index (χ1v) is 14.4. The summed E-state index contributed by atoms with van der Waals surface area (Å²) in [5.74, 6) is -0.164. The van der Waals surface area contributed by atoms with Gasteiger partial charge in [-0.1, -0.05) is 22.0 Å². The Morgan fingerprint density at radius 3 is 2.41 bits per heavy atom. The van der Waals surface area contributed by atoms with Crippen LogP contribution in [0.2, 0.25) is 0 Å². The van der Waals surface area contributed by atoms with Crippen LogP contribution in [0.15, 0.2) is 51.8 Å². The number of aliphatic hydroxyl groups excluding tert-OH is 1. The lowest BCUT2D eigenvalue weighted by Gasteiger charge is -2.38. The summed E-state index contributed by atoms with van der Waals surface area (Å²) in [7, 11) is -3.76. The van der Waals surface area contributed by atoms with E-state index in [1.54, 1.807) is 12.1 Å². The van der Waals surface area contributed by atoms with Gasteiger partial charge in [-0.2, -0.15) is 0 Å². The molecule has 1 amide bonds. The smallest absolute Gasteiger partial charge is 0.258 e. The van der Waals surface area contributed by atoms with E-state index in [9.17, 15) is 18.3 Å². The molecule has 0 aromatic heterocycles. The number of rotatable bonds is 4. The zero-order chi connectivity index (χ0) is 23.7. The summed E-state index contributed by atoms with van der Waals surface area (Å²) in [5.41, 5.74) is 3.08. The number of anilines is 1. The molecule has 180 valence electrons. The predicted molar refractivity (Wildman–Crippen MR) is 133 cm³/mol. The Morgan fingerprint density at radius 2 is 1.74 bits per heavy atom. The van der Waals surface area contributed by atoms with Crippen molar-refractivity contribution in [1.29, 1.82) is 0 Å². The van der Waals surface area contributed by atoms with E-state index >= 15 is 0 Å². The molecule has 3 saturated carbocycles. The molecule has 3 aliphatic carbocycles. The molecular formula is C26H29BrN2O4S. The standard InChI is InChI=1S/C26H29BrN2O4S/c27-18-4-5-23-22(13-18)26(10-8-25(6-7-25)9-11-26)16-29(23)24(31)17-2-1-3-21(12-17)34(32,33)28-19-14-20(30)15-19/h1-5,12-13,19-20,28,30H,6-11,14-16H2. The molecule has 1 heterocycles. The Bertz CT molecular complexity index is 1260. The molecule has 1 aliphatic heterocycles. The number of hydrogen-bond acceptors (Lipinski definition) is 4. The molecule has 3 fully saturated rings. The molecule has 2 aromatic rings. The van der Waals surface area contributed by atoms with Crippen LogP contribution >= 0.6 is 15.9 Å². The maximum Gasteiger partial charge on any atom is 0.258 e. The number of benzene rings is 2. The fourth-order valence-electron chi connectivity index (χ4n) is 6.11. The number of sulfonamides is 1. The molecule has 2 spiro atoms. The van der Waals surface area contributed by atoms with Gasteiger partial charge < -0.3 is 10.0 Å². The van der Waals surface area contributed by atoms with Crippen LogP contribution in [0.3, 0.4) is 0 Å². The van der Waals surface area contributed by atoms with E-state index < -0.39 is 16.1 Å². The molecule has 0 saturated heterocycles. The molecule has 0 atom stereocenters. The van der Waals surface area contributed by atoms with Crippen molar-refractivity contribution in [2.75, 3.05) is 11.4 Å². The van der Waals surface area contributed by atoms with E-state index in [1.165, 1.54) is 43.4 Å². The van der Waals surface area contributed by atoms with Crippen LogP contribution in [0.4, 0.5) is 5.69 Å². The first-order chi connectivity index (χ1) is 16.2. The van der Waals surface area contributed by atoms with Gasteiger partial charge in [0, 0.05) is 33.7 Å². The van der Waals surface area contributed by atoms with Crippen molar-refractivity contribution in [3.05, 3.63) is 58.1 Å². The van der Waals surface area contributed by atoms with Gasteiger partial charge in [-0.05, 0) is 98.7 Å². The van der Waals surface area contributed by atoms with Gasteiger partial charge in [-0.3, -0.25) is 4.79 Å². The van der Waals surface area contributed by atoms with E-state index in [0.717, 1.165) is 23.0 Å². The number of aliphatic hydroxyl groups is 1. The van der Waals surface area contributed by atoms with E-state index in [0.29, 0.717) is 30.4 Å². The van der Waals surface area contributed by atoms with E-state index in [4.69, 9.17) is 0 Å². The quantitative estimate of drug-likeness (QED) is 0.593. The van der Waals surface area contributed by atoms with Gasteiger partial charge in [0.25, 0.3) is 5.91 Å². The molecule has 6 rings (SSSR count). The molecule has 34 heavy (non-hydrogen) atoms. The SMILES string of the molecule is O=C(c1cccc(S(=O)(=O)NC2CC(O)C2)c1)N1CC2(CCC3(CC3)CC2)c2cc(Br)ccc21. The summed E-state index contributed by atoms with van der Waals surface area (Å²) in [6.45, 7) is 0.642. The molecule has 2 aromatic carbocycles. The van der Waals surface area contributed by atoms with Crippen LogP contribution < -0.4 is 9.62 Å². The van der Waals surface area contributed by atoms with Gasteiger partial charge in [0.15, 0.2) is 0 Å². The first kappa shape index (κ1) is 22.7. The second-order valence-electron chi connectivity index (χ2n) is 10.8. The third-order valence-corrected chi connectivity index (χ3v) is 10.6. The maximum atomic E-state index is 13.7. The van der Waals surface area contributed by atoms with Crippen LogP contribution in [0, 0.1) is 5.41 Å². The summed E-state index contributed by atoms with van der Waals surface area (Å²) in [5, 5.41) is 9.47. The largest absolute Gasteiger partial charge is 0.393 e. The zero-order valence-corrected chi connectivity index (χ0v) is 21.4. The highest BCUT2D eigenvalue weighted by Crippen LogP contribution is 2.62. The van der Waals surface area contributed by atoms with Crippen molar-refractivity contribution in [3.63, 3.8) is 0 Å². The van der Waals surface area contributed by atoms with Crippen molar-refractivity contribution in [2.45, 2.75) is 73.8 Å². The number of fused-ring (bicyclic) bond motifs is 2. The maximum absolute atomic E-state index is 13.7. The third-order valence-electron chi connectivity index (χ3n) is 8.58. The predicted octanol–water partition coefficient (Wildman–Crippen LogP) is 4.50. The summed E-state index contributed by atoms with van der Waals surface area (Å²) < 4.78 is 29.4. The van der Waals surface area contributed by atoms with Crippen LogP contribution in [0.1, 0.15) is 67.3 Å². The van der Waals surface area contributed by atoms with Crippen molar-refractivity contribution in [1.82, 2.24) is 4.72 Å². The fraction of sp³-hybridized carbons (Fsp3) is 0.500. The fourth-order valence-corrected chi connectivity index (χ4v) is 7.78. The van der Waals surface area contributed by atoms with Crippen LogP contribution in [-0.2, 0) is 15.4 Å². The van der Waals surface area contributed by atoms with Crippen molar-refractivity contribution in [3.8, 4) is 0 Å². The van der Waals surface area contributed by atoms with Crippen LogP contribution in [-0.4, -0.2) is 38.1 Å². The topological polar surface area (TPSA) is 86.7 Å². The second-order valence-corrected chi connectivity index (χ2v) is 13.4. The number of carbonyl (C=O) groups is 1. The van der Waals surface area contributed by atoms with Gasteiger partial charge in [0.05, 0.1) is 11.0 Å². The minimum Gasteiger partial charge on any atom is -0.393 e. The third kappa shape index (κ3) is 3.83. The molecule has 8 heteroatoms. The van der Waals surface area contributed by atoms with Gasteiger partial charge >= 0.3 is 0 Å². The van der Waals surface area contributed by atoms with E-state index in [2.05, 4.69) is 26.7 Å². The average Bonchev–Trinajstić information content (AvgIpc) is 3.50. The average molecular weight is 545 g/mol. The Morgan fingerprint density at radius 1 is 1.03 bits per heavy atom. The number of carbonyl (C=O) groups excluding carboxylic acids is 1. The Hall–Kier alpha value is -1.74. The molecule has 0 bridgehead atoms. The Kier molecular flexibility index (Phi) is 5.26. The summed E-state index contributed by atoms with van der Waals surface area (Å²) in [6.07, 6.45) is 7.68. The van der Waals surface area contributed by atoms with E-state index in [-0.39, 0.29) is 22.3 Å². The van der Waals surface area contributed by atoms with E-state index in [1.807, 2.05) is 17.0 Å². The number of halogens is 1. The number of nitrogens with one attached hydrogen (secondary N) is 1. The molecule has 0 radical (unpaired) electrons. The van der Waals surface area contributed by atoms with Gasteiger partial charge in [0.1, 0.15) is 0 Å². The molecular weight excluding hydrogens is 516 g/mol. The lowest BCUT2D eigenvalue weighted by Crippen LogP contribution is -2.46. The number of nitrogens with zero attached hydrogens (tertiary/aromatic N) is 1. The number of hydrogen-bond donors (Lipinski definition) is 2. The Balaban J connectivity index is 1.29. The lowest BCUT2D eigenvalue weighted by atomic mass is 9.66. The van der Waals surface area contributed by atoms with Gasteiger partial charge in [0.2, 0.25) is 10.0 Å². The minimum atomic E-state index is -3.76. The highest BCUT2D eigenvalue weighted by atomic mass is 79.9. The van der Waals surface area contributed by atoms with Crippen molar-refractivity contribution >= 4 is 37.5 Å². The number of amides is 1. The summed E-state index contributed by atoms with van der Waals surface area (Å²) in [4.78, 5) is 15.7. The zero-order valence-electron chi connectivity index (χ0n) is 19.0. The second kappa shape index (κ2) is 7.88.